The highest BCUT2D eigenvalue weighted by Gasteiger charge is 2.08. The first-order chi connectivity index (χ1) is 11.1. The summed E-state index contributed by atoms with van der Waals surface area (Å²) in [4.78, 5) is 11.9. The third-order valence-electron chi connectivity index (χ3n) is 4.01. The van der Waals surface area contributed by atoms with E-state index in [0.717, 1.165) is 22.7 Å². The summed E-state index contributed by atoms with van der Waals surface area (Å²) in [5.41, 5.74) is 3.04. The molecule has 3 heterocycles. The predicted octanol–water partition coefficient (Wildman–Crippen LogP) is 1.06. The van der Waals surface area contributed by atoms with E-state index < -0.39 is 0 Å². The van der Waals surface area contributed by atoms with Gasteiger partial charge in [0.25, 0.3) is 0 Å². The van der Waals surface area contributed by atoms with Crippen LogP contribution in [-0.2, 0) is 24.7 Å². The molecule has 0 aliphatic heterocycles. The van der Waals surface area contributed by atoms with Crippen LogP contribution in [0.1, 0.15) is 23.5 Å². The van der Waals surface area contributed by atoms with Gasteiger partial charge in [0.05, 0.1) is 6.20 Å². The molecular formula is C16H20N6O. The van der Waals surface area contributed by atoms with Gasteiger partial charge in [-0.15, -0.1) is 10.2 Å². The zero-order chi connectivity index (χ0) is 16.2. The zero-order valence-electron chi connectivity index (χ0n) is 13.4. The average Bonchev–Trinajstić information content (AvgIpc) is 3.11. The maximum atomic E-state index is 11.9. The van der Waals surface area contributed by atoms with Gasteiger partial charge in [0.1, 0.15) is 5.82 Å². The Morgan fingerprint density at radius 1 is 1.26 bits per heavy atom. The second-order valence-electron chi connectivity index (χ2n) is 5.52. The molecule has 0 unspecified atom stereocenters. The second kappa shape index (κ2) is 6.60. The molecule has 3 rings (SSSR count). The van der Waals surface area contributed by atoms with E-state index in [-0.39, 0.29) is 5.91 Å². The molecule has 0 saturated heterocycles. The normalized spacial score (nSPS) is 11.0. The summed E-state index contributed by atoms with van der Waals surface area (Å²) in [5, 5.41) is 15.4. The molecule has 1 amide bonds. The lowest BCUT2D eigenvalue weighted by Gasteiger charge is -2.05. The summed E-state index contributed by atoms with van der Waals surface area (Å²) in [6.07, 6.45) is 5.58. The van der Waals surface area contributed by atoms with Crippen LogP contribution in [0, 0.1) is 6.92 Å². The van der Waals surface area contributed by atoms with Crippen molar-refractivity contribution in [2.24, 2.45) is 7.05 Å². The van der Waals surface area contributed by atoms with E-state index in [9.17, 15) is 4.79 Å². The number of aryl methyl sites for hydroxylation is 2. The highest BCUT2D eigenvalue weighted by atomic mass is 16.1. The fraction of sp³-hybridized carbons (Fsp3) is 0.375. The van der Waals surface area contributed by atoms with Gasteiger partial charge in [-0.3, -0.25) is 13.9 Å². The topological polar surface area (TPSA) is 77.1 Å². The highest BCUT2D eigenvalue weighted by Crippen LogP contribution is 2.08. The summed E-state index contributed by atoms with van der Waals surface area (Å²) < 4.78 is 3.76. The van der Waals surface area contributed by atoms with E-state index in [0.29, 0.717) is 25.8 Å². The van der Waals surface area contributed by atoms with Crippen LogP contribution in [0.2, 0.25) is 0 Å². The number of pyridine rings is 1. The molecule has 0 aromatic carbocycles. The molecule has 0 fully saturated rings. The van der Waals surface area contributed by atoms with Gasteiger partial charge < -0.3 is 5.32 Å². The Morgan fingerprint density at radius 3 is 2.91 bits per heavy atom. The van der Waals surface area contributed by atoms with Crippen molar-refractivity contribution in [2.45, 2.75) is 26.2 Å². The second-order valence-corrected chi connectivity index (χ2v) is 5.52. The molecule has 0 saturated carbocycles. The molecule has 120 valence electrons. The number of carbonyl (C=O) groups is 1. The number of fused-ring (bicyclic) bond motifs is 1. The van der Waals surface area contributed by atoms with E-state index in [2.05, 4.69) is 20.6 Å². The SMILES string of the molecule is Cc1c(CCC(=O)NCCc2nnc3ccccn23)cnn1C. The number of hydrogen-bond donors (Lipinski definition) is 1. The molecule has 1 N–H and O–H groups in total. The Bertz CT molecular complexity index is 819. The Kier molecular flexibility index (Phi) is 4.36. The van der Waals surface area contributed by atoms with Crippen LogP contribution in [0.15, 0.2) is 30.6 Å². The first-order valence-corrected chi connectivity index (χ1v) is 7.68. The molecule has 0 radical (unpaired) electrons. The van der Waals surface area contributed by atoms with Crippen LogP contribution < -0.4 is 5.32 Å². The van der Waals surface area contributed by atoms with E-state index in [1.165, 1.54) is 0 Å². The Hall–Kier alpha value is -2.70. The summed E-state index contributed by atoms with van der Waals surface area (Å²) in [6.45, 7) is 2.57. The van der Waals surface area contributed by atoms with Crippen molar-refractivity contribution in [1.29, 1.82) is 0 Å². The van der Waals surface area contributed by atoms with Crippen molar-refractivity contribution in [3.63, 3.8) is 0 Å². The van der Waals surface area contributed by atoms with Gasteiger partial charge in [-0.2, -0.15) is 5.10 Å². The smallest absolute Gasteiger partial charge is 0.220 e. The van der Waals surface area contributed by atoms with Crippen LogP contribution in [-0.4, -0.2) is 36.8 Å². The van der Waals surface area contributed by atoms with Crippen molar-refractivity contribution >= 4 is 11.6 Å². The molecule has 3 aromatic rings. The van der Waals surface area contributed by atoms with Crippen LogP contribution in [0.3, 0.4) is 0 Å². The first kappa shape index (κ1) is 15.2. The number of nitrogens with one attached hydrogen (secondary N) is 1. The number of aromatic nitrogens is 5. The minimum atomic E-state index is 0.0436. The van der Waals surface area contributed by atoms with Gasteiger partial charge in [-0.05, 0) is 31.0 Å². The molecule has 0 atom stereocenters. The molecular weight excluding hydrogens is 292 g/mol. The fourth-order valence-corrected chi connectivity index (χ4v) is 2.50. The van der Waals surface area contributed by atoms with Crippen molar-refractivity contribution < 1.29 is 4.79 Å². The summed E-state index contributed by atoms with van der Waals surface area (Å²) in [6, 6.07) is 5.77. The van der Waals surface area contributed by atoms with Crippen LogP contribution in [0.5, 0.6) is 0 Å². The molecule has 7 heteroatoms. The molecule has 0 spiro atoms. The molecule has 7 nitrogen and oxygen atoms in total. The third-order valence-corrected chi connectivity index (χ3v) is 4.01. The number of carbonyl (C=O) groups excluding carboxylic acids is 1. The van der Waals surface area contributed by atoms with Crippen molar-refractivity contribution in [3.8, 4) is 0 Å². The van der Waals surface area contributed by atoms with E-state index in [4.69, 9.17) is 0 Å². The minimum Gasteiger partial charge on any atom is -0.356 e. The predicted molar refractivity (Wildman–Crippen MR) is 86.0 cm³/mol. The monoisotopic (exact) mass is 312 g/mol. The van der Waals surface area contributed by atoms with Gasteiger partial charge in [-0.25, -0.2) is 0 Å². The lowest BCUT2D eigenvalue weighted by atomic mass is 10.1. The number of hydrogen-bond acceptors (Lipinski definition) is 4. The van der Waals surface area contributed by atoms with Crippen LogP contribution in [0.4, 0.5) is 0 Å². The van der Waals surface area contributed by atoms with Gasteiger partial charge in [0.2, 0.25) is 5.91 Å². The Balaban J connectivity index is 1.47. The molecule has 23 heavy (non-hydrogen) atoms. The van der Waals surface area contributed by atoms with Gasteiger partial charge >= 0.3 is 0 Å². The lowest BCUT2D eigenvalue weighted by molar-refractivity contribution is -0.121. The highest BCUT2D eigenvalue weighted by molar-refractivity contribution is 5.76. The number of rotatable bonds is 6. The Labute approximate surface area is 134 Å². The van der Waals surface area contributed by atoms with E-state index in [1.807, 2.05) is 53.6 Å². The molecule has 0 aliphatic rings. The zero-order valence-corrected chi connectivity index (χ0v) is 13.4. The van der Waals surface area contributed by atoms with Crippen LogP contribution >= 0.6 is 0 Å². The lowest BCUT2D eigenvalue weighted by Crippen LogP contribution is -2.26. The van der Waals surface area contributed by atoms with Crippen molar-refractivity contribution in [2.75, 3.05) is 6.54 Å². The summed E-state index contributed by atoms with van der Waals surface area (Å²) >= 11 is 0. The maximum absolute atomic E-state index is 11.9. The van der Waals surface area contributed by atoms with Crippen LogP contribution in [0.25, 0.3) is 5.65 Å². The number of amides is 1. The number of nitrogens with zero attached hydrogens (tertiary/aromatic N) is 5. The van der Waals surface area contributed by atoms with E-state index >= 15 is 0 Å². The Morgan fingerprint density at radius 2 is 2.13 bits per heavy atom. The van der Waals surface area contributed by atoms with Crippen molar-refractivity contribution in [3.05, 3.63) is 47.7 Å². The average molecular weight is 312 g/mol. The minimum absolute atomic E-state index is 0.0436. The van der Waals surface area contributed by atoms with Gasteiger partial charge in [0, 0.05) is 38.3 Å². The first-order valence-electron chi connectivity index (χ1n) is 7.68. The largest absolute Gasteiger partial charge is 0.356 e. The van der Waals surface area contributed by atoms with E-state index in [1.54, 1.807) is 0 Å². The molecule has 0 bridgehead atoms. The molecule has 0 aliphatic carbocycles. The summed E-state index contributed by atoms with van der Waals surface area (Å²) in [7, 11) is 1.90. The van der Waals surface area contributed by atoms with Gasteiger partial charge in [-0.1, -0.05) is 6.07 Å². The van der Waals surface area contributed by atoms with Gasteiger partial charge in [0.15, 0.2) is 5.65 Å². The summed E-state index contributed by atoms with van der Waals surface area (Å²) in [5.74, 6) is 0.895. The third kappa shape index (κ3) is 3.39. The standard InChI is InChI=1S/C16H20N6O/c1-12-13(11-18-21(12)2)6-7-16(23)17-9-8-15-20-19-14-5-3-4-10-22(14)15/h3-5,10-11H,6-9H2,1-2H3,(H,17,23). The fourth-order valence-electron chi connectivity index (χ4n) is 2.50. The maximum Gasteiger partial charge on any atom is 0.220 e. The van der Waals surface area contributed by atoms with Crippen molar-refractivity contribution in [1.82, 2.24) is 29.7 Å². The molecule has 3 aromatic heterocycles. The quantitative estimate of drug-likeness (QED) is 0.738.